The number of aromatic nitrogens is 1. The number of halogens is 1. The van der Waals surface area contributed by atoms with Gasteiger partial charge in [0.05, 0.1) is 17.4 Å². The second-order valence-corrected chi connectivity index (χ2v) is 5.87. The molecule has 0 fully saturated rings. The van der Waals surface area contributed by atoms with Gasteiger partial charge in [0.15, 0.2) is 0 Å². The van der Waals surface area contributed by atoms with Crippen LogP contribution in [0.1, 0.15) is 15.9 Å². The first-order valence-electron chi connectivity index (χ1n) is 6.30. The third kappa shape index (κ3) is 3.89. The molecule has 0 saturated carbocycles. The molecule has 4 nitrogen and oxygen atoms in total. The molecule has 2 N–H and O–H groups in total. The van der Waals surface area contributed by atoms with Crippen molar-refractivity contribution in [2.75, 3.05) is 19.0 Å². The molecule has 21 heavy (non-hydrogen) atoms. The lowest BCUT2D eigenvalue weighted by Gasteiger charge is -2.18. The van der Waals surface area contributed by atoms with Crippen LogP contribution in [0.2, 0.25) is 5.15 Å². The Morgan fingerprint density at radius 1 is 1.38 bits per heavy atom. The summed E-state index contributed by atoms with van der Waals surface area (Å²) in [5.41, 5.74) is 7.55. The SMILES string of the molecule is CSc1ccc(CN(C)C(=O)c2cc(Cl)ncc2N)cc1. The molecule has 2 rings (SSSR count). The molecule has 110 valence electrons. The van der Waals surface area contributed by atoms with Crippen LogP contribution in [0.3, 0.4) is 0 Å². The molecule has 0 aliphatic rings. The molecule has 0 spiro atoms. The van der Waals surface area contributed by atoms with Crippen molar-refractivity contribution in [2.45, 2.75) is 11.4 Å². The van der Waals surface area contributed by atoms with E-state index in [1.54, 1.807) is 23.7 Å². The van der Waals surface area contributed by atoms with E-state index in [1.807, 2.05) is 30.5 Å². The molecular formula is C15H16ClN3OS. The molecule has 2 aromatic rings. The molecule has 1 aromatic carbocycles. The first-order chi connectivity index (χ1) is 10.0. The summed E-state index contributed by atoms with van der Waals surface area (Å²) in [4.78, 5) is 19.1. The largest absolute Gasteiger partial charge is 0.397 e. The summed E-state index contributed by atoms with van der Waals surface area (Å²) in [6.45, 7) is 0.507. The molecule has 6 heteroatoms. The minimum absolute atomic E-state index is 0.175. The average Bonchev–Trinajstić information content (AvgIpc) is 2.49. The van der Waals surface area contributed by atoms with Crippen molar-refractivity contribution in [3.05, 3.63) is 52.8 Å². The predicted molar refractivity (Wildman–Crippen MR) is 87.7 cm³/mol. The smallest absolute Gasteiger partial charge is 0.256 e. The number of nitrogens with zero attached hydrogens (tertiary/aromatic N) is 2. The fourth-order valence-electron chi connectivity index (χ4n) is 1.91. The molecule has 0 saturated heterocycles. The van der Waals surface area contributed by atoms with Crippen molar-refractivity contribution in [3.8, 4) is 0 Å². The highest BCUT2D eigenvalue weighted by Gasteiger charge is 2.16. The van der Waals surface area contributed by atoms with Gasteiger partial charge in [-0.05, 0) is 30.0 Å². The average molecular weight is 322 g/mol. The maximum atomic E-state index is 12.4. The number of benzene rings is 1. The van der Waals surface area contributed by atoms with Gasteiger partial charge in [0.25, 0.3) is 5.91 Å². The summed E-state index contributed by atoms with van der Waals surface area (Å²) in [6.07, 6.45) is 3.43. The van der Waals surface area contributed by atoms with Gasteiger partial charge in [-0.3, -0.25) is 4.79 Å². The van der Waals surface area contributed by atoms with Crippen molar-refractivity contribution in [2.24, 2.45) is 0 Å². The molecule has 1 heterocycles. The normalized spacial score (nSPS) is 10.4. The first-order valence-corrected chi connectivity index (χ1v) is 7.91. The van der Waals surface area contributed by atoms with E-state index in [9.17, 15) is 4.79 Å². The number of nitrogen functional groups attached to an aromatic ring is 1. The highest BCUT2D eigenvalue weighted by Crippen LogP contribution is 2.19. The minimum Gasteiger partial charge on any atom is -0.397 e. The molecule has 0 radical (unpaired) electrons. The number of carbonyl (C=O) groups excluding carboxylic acids is 1. The minimum atomic E-state index is -0.175. The van der Waals surface area contributed by atoms with Crippen LogP contribution in [0, 0.1) is 0 Å². The van der Waals surface area contributed by atoms with E-state index in [2.05, 4.69) is 4.98 Å². The fourth-order valence-corrected chi connectivity index (χ4v) is 2.47. The Balaban J connectivity index is 2.13. The number of rotatable bonds is 4. The number of nitrogens with two attached hydrogens (primary N) is 1. The lowest BCUT2D eigenvalue weighted by molar-refractivity contribution is 0.0786. The molecule has 0 atom stereocenters. The van der Waals surface area contributed by atoms with Gasteiger partial charge in [0, 0.05) is 18.5 Å². The highest BCUT2D eigenvalue weighted by molar-refractivity contribution is 7.98. The summed E-state index contributed by atoms with van der Waals surface area (Å²) in [6, 6.07) is 9.59. The van der Waals surface area contributed by atoms with Gasteiger partial charge in [-0.2, -0.15) is 0 Å². The zero-order valence-corrected chi connectivity index (χ0v) is 13.4. The Morgan fingerprint density at radius 3 is 2.67 bits per heavy atom. The Kier molecular flexibility index (Phi) is 5.09. The van der Waals surface area contributed by atoms with E-state index >= 15 is 0 Å². The number of anilines is 1. The molecule has 1 amide bonds. The number of hydrogen-bond donors (Lipinski definition) is 1. The van der Waals surface area contributed by atoms with Crippen molar-refractivity contribution >= 4 is 35.0 Å². The lowest BCUT2D eigenvalue weighted by atomic mass is 10.1. The standard InChI is InChI=1S/C15H16ClN3OS/c1-19(9-10-3-5-11(21-2)6-4-10)15(20)12-7-14(16)18-8-13(12)17/h3-8H,9,17H2,1-2H3. The molecule has 0 unspecified atom stereocenters. The van der Waals surface area contributed by atoms with E-state index in [0.29, 0.717) is 17.8 Å². The van der Waals surface area contributed by atoms with Gasteiger partial charge in [-0.25, -0.2) is 4.98 Å². The highest BCUT2D eigenvalue weighted by atomic mass is 35.5. The predicted octanol–water partition coefficient (Wildman–Crippen LogP) is 3.31. The van der Waals surface area contributed by atoms with Gasteiger partial charge in [-0.1, -0.05) is 23.7 Å². The van der Waals surface area contributed by atoms with E-state index in [4.69, 9.17) is 17.3 Å². The van der Waals surface area contributed by atoms with Gasteiger partial charge >= 0.3 is 0 Å². The number of thioether (sulfide) groups is 1. The van der Waals surface area contributed by atoms with Gasteiger partial charge < -0.3 is 10.6 Å². The van der Waals surface area contributed by atoms with Crippen LogP contribution in [0.5, 0.6) is 0 Å². The van der Waals surface area contributed by atoms with Crippen molar-refractivity contribution in [1.82, 2.24) is 9.88 Å². The van der Waals surface area contributed by atoms with Crippen LogP contribution in [0.4, 0.5) is 5.69 Å². The molecule has 1 aromatic heterocycles. The van der Waals surface area contributed by atoms with E-state index < -0.39 is 0 Å². The Bertz CT molecular complexity index is 646. The monoisotopic (exact) mass is 321 g/mol. The number of carbonyl (C=O) groups is 1. The number of pyridine rings is 1. The molecular weight excluding hydrogens is 306 g/mol. The molecule has 0 bridgehead atoms. The van der Waals surface area contributed by atoms with Crippen LogP contribution in [0.25, 0.3) is 0 Å². The first kappa shape index (κ1) is 15.7. The summed E-state index contributed by atoms with van der Waals surface area (Å²) in [5.74, 6) is -0.175. The second-order valence-electron chi connectivity index (χ2n) is 4.60. The van der Waals surface area contributed by atoms with Crippen LogP contribution >= 0.6 is 23.4 Å². The van der Waals surface area contributed by atoms with Gasteiger partial charge in [0.2, 0.25) is 0 Å². The maximum Gasteiger partial charge on any atom is 0.256 e. The van der Waals surface area contributed by atoms with Crippen molar-refractivity contribution < 1.29 is 4.79 Å². The van der Waals surface area contributed by atoms with Gasteiger partial charge in [-0.15, -0.1) is 11.8 Å². The Hall–Kier alpha value is -1.72. The van der Waals surface area contributed by atoms with Crippen LogP contribution < -0.4 is 5.73 Å². The third-order valence-corrected chi connectivity index (χ3v) is 4.01. The van der Waals surface area contributed by atoms with Gasteiger partial charge in [0.1, 0.15) is 5.15 Å². The zero-order valence-electron chi connectivity index (χ0n) is 11.8. The van der Waals surface area contributed by atoms with E-state index in [0.717, 1.165) is 5.56 Å². The number of hydrogen-bond acceptors (Lipinski definition) is 4. The third-order valence-electron chi connectivity index (χ3n) is 3.06. The summed E-state index contributed by atoms with van der Waals surface area (Å²) in [5, 5.41) is 0.255. The molecule has 0 aliphatic carbocycles. The lowest BCUT2D eigenvalue weighted by Crippen LogP contribution is -2.27. The van der Waals surface area contributed by atoms with Crippen molar-refractivity contribution in [3.63, 3.8) is 0 Å². The fraction of sp³-hybridized carbons (Fsp3) is 0.200. The quantitative estimate of drug-likeness (QED) is 0.693. The second kappa shape index (κ2) is 6.83. The summed E-state index contributed by atoms with van der Waals surface area (Å²) >= 11 is 7.50. The molecule has 0 aliphatic heterocycles. The van der Waals surface area contributed by atoms with Crippen LogP contribution in [-0.4, -0.2) is 29.1 Å². The summed E-state index contributed by atoms with van der Waals surface area (Å²) < 4.78 is 0. The van der Waals surface area contributed by atoms with Crippen molar-refractivity contribution in [1.29, 1.82) is 0 Å². The van der Waals surface area contributed by atoms with E-state index in [-0.39, 0.29) is 11.1 Å². The van der Waals surface area contributed by atoms with E-state index in [1.165, 1.54) is 17.2 Å². The van der Waals surface area contributed by atoms with Crippen LogP contribution in [0.15, 0.2) is 41.4 Å². The maximum absolute atomic E-state index is 12.4. The topological polar surface area (TPSA) is 59.2 Å². The number of amides is 1. The summed E-state index contributed by atoms with van der Waals surface area (Å²) in [7, 11) is 1.73. The zero-order chi connectivity index (χ0) is 15.4. The Labute approximate surface area is 133 Å². The Morgan fingerprint density at radius 2 is 2.05 bits per heavy atom. The van der Waals surface area contributed by atoms with Crippen LogP contribution in [-0.2, 0) is 6.54 Å².